The molecule has 2 aliphatic rings. The third-order valence-electron chi connectivity index (χ3n) is 7.99. The molecule has 0 saturated carbocycles. The molecule has 8 heteroatoms. The second-order valence-corrected chi connectivity index (χ2v) is 11.3. The molecule has 2 aromatic rings. The molecule has 0 spiro atoms. The van der Waals surface area contributed by atoms with Gasteiger partial charge in [-0.15, -0.1) is 0 Å². The van der Waals surface area contributed by atoms with Crippen molar-refractivity contribution in [2.75, 3.05) is 70.4 Å². The third-order valence-corrected chi connectivity index (χ3v) is 7.99. The van der Waals surface area contributed by atoms with Crippen LogP contribution >= 0.6 is 0 Å². The lowest BCUT2D eigenvalue weighted by atomic mass is 9.92. The molecule has 1 heterocycles. The Labute approximate surface area is 278 Å². The van der Waals surface area contributed by atoms with Crippen LogP contribution in [0.1, 0.15) is 26.7 Å². The van der Waals surface area contributed by atoms with Gasteiger partial charge in [-0.05, 0) is 56.7 Å². The Morgan fingerprint density at radius 2 is 1.70 bits per heavy atom. The molecule has 0 N–H and O–H groups in total. The highest BCUT2D eigenvalue weighted by Crippen LogP contribution is 2.47. The zero-order chi connectivity index (χ0) is 33.9. The number of nitrogens with zero attached hydrogens (tertiary/aromatic N) is 3. The smallest absolute Gasteiger partial charge is 0.305 e. The Bertz CT molecular complexity index is 1760. The van der Waals surface area contributed by atoms with E-state index < -0.39 is 0 Å². The Hall–Kier alpha value is -4.98. The van der Waals surface area contributed by atoms with Crippen molar-refractivity contribution in [1.82, 2.24) is 4.58 Å². The van der Waals surface area contributed by atoms with Gasteiger partial charge >= 0.3 is 5.97 Å². The van der Waals surface area contributed by atoms with Gasteiger partial charge in [0.2, 0.25) is 5.36 Å². The third kappa shape index (κ3) is 8.06. The number of methoxy groups -OCH3 is 1. The topological polar surface area (TPSA) is 67.4 Å². The van der Waals surface area contributed by atoms with Crippen molar-refractivity contribution in [2.24, 2.45) is 0 Å². The van der Waals surface area contributed by atoms with Crippen molar-refractivity contribution in [1.29, 1.82) is 0 Å². The Morgan fingerprint density at radius 1 is 0.936 bits per heavy atom. The summed E-state index contributed by atoms with van der Waals surface area (Å²) in [6, 6.07) is 16.5. The number of benzene rings is 3. The summed E-state index contributed by atoms with van der Waals surface area (Å²) in [5.41, 5.74) is 5.65. The van der Waals surface area contributed by atoms with Crippen LogP contribution in [0.25, 0.3) is 33.4 Å². The molecule has 0 unspecified atom stereocenters. The van der Waals surface area contributed by atoms with E-state index in [1.807, 2.05) is 51.4 Å². The summed E-state index contributed by atoms with van der Waals surface area (Å²) in [4.78, 5) is 16.4. The number of ether oxygens (including phenoxy) is 3. The Morgan fingerprint density at radius 3 is 2.34 bits per heavy atom. The largest absolute Gasteiger partial charge is 0.496 e. The zero-order valence-corrected chi connectivity index (χ0v) is 28.5. The van der Waals surface area contributed by atoms with Crippen LogP contribution in [0.3, 0.4) is 0 Å². The van der Waals surface area contributed by atoms with Crippen LogP contribution in [0.2, 0.25) is 0 Å². The van der Waals surface area contributed by atoms with E-state index in [9.17, 15) is 4.79 Å². The monoisotopic (exact) mass is 638 g/mol. The van der Waals surface area contributed by atoms with Gasteiger partial charge in [0, 0.05) is 73.9 Å². The summed E-state index contributed by atoms with van der Waals surface area (Å²) >= 11 is 0. The van der Waals surface area contributed by atoms with Crippen molar-refractivity contribution in [3.05, 3.63) is 91.9 Å². The highest BCUT2D eigenvalue weighted by molar-refractivity contribution is 6.04. The molecule has 248 valence electrons. The van der Waals surface area contributed by atoms with E-state index in [1.165, 1.54) is 0 Å². The predicted octanol–water partition coefficient (Wildman–Crippen LogP) is 7.16. The summed E-state index contributed by atoms with van der Waals surface area (Å²) in [6.07, 6.45) is 6.54. The fourth-order valence-electron chi connectivity index (χ4n) is 5.82. The van der Waals surface area contributed by atoms with Crippen LogP contribution in [0.5, 0.6) is 11.5 Å². The molecule has 0 radical (unpaired) electrons. The SMILES string of the molecule is C=CCOc1ccc2c(-c3cc(N(C)C)c(N(CC)CCCC(=O)OCC)cc3OC)c3ccc(=[N+](CC=C)CC=C)cc-3oc2c1. The number of carbonyl (C=O) groups excluding carboxylic acids is 1. The highest BCUT2D eigenvalue weighted by atomic mass is 16.5. The number of hydrogen-bond donors (Lipinski definition) is 0. The maximum absolute atomic E-state index is 12.0. The Kier molecular flexibility index (Phi) is 12.3. The normalized spacial score (nSPS) is 10.8. The van der Waals surface area contributed by atoms with Gasteiger partial charge in [-0.3, -0.25) is 4.79 Å². The number of hydrogen-bond acceptors (Lipinski definition) is 7. The van der Waals surface area contributed by atoms with Crippen LogP contribution in [0, 0.1) is 0 Å². The highest BCUT2D eigenvalue weighted by Gasteiger charge is 2.24. The number of rotatable bonds is 17. The van der Waals surface area contributed by atoms with Gasteiger partial charge in [0.25, 0.3) is 0 Å². The van der Waals surface area contributed by atoms with Gasteiger partial charge in [0.15, 0.2) is 13.1 Å². The standard InChI is InChI=1S/C39H48N3O5/c1-9-20-42(21-10-2)28-16-18-30-36(24-28)47-37-25-29(46-23-11-3)17-19-31(37)39(30)32-26-33(40(6)7)34(27-35(32)44-8)41(12-4)22-14-15-38(43)45-13-5/h9-11,16-19,24-27H,1-3,12-15,20-23H2,4-8H3/q+1. The summed E-state index contributed by atoms with van der Waals surface area (Å²) in [5, 5.41) is 1.94. The van der Waals surface area contributed by atoms with E-state index >= 15 is 0 Å². The molecule has 1 aliphatic carbocycles. The lowest BCUT2D eigenvalue weighted by molar-refractivity contribution is -0.143. The average molecular weight is 639 g/mol. The van der Waals surface area contributed by atoms with E-state index in [-0.39, 0.29) is 5.97 Å². The van der Waals surface area contributed by atoms with Gasteiger partial charge < -0.3 is 28.4 Å². The second-order valence-electron chi connectivity index (χ2n) is 11.3. The molecular formula is C39H48N3O5+. The van der Waals surface area contributed by atoms with Crippen LogP contribution < -0.4 is 29.2 Å². The van der Waals surface area contributed by atoms with Crippen molar-refractivity contribution in [3.8, 4) is 33.9 Å². The minimum Gasteiger partial charge on any atom is -0.496 e. The number of esters is 1. The first-order valence-corrected chi connectivity index (χ1v) is 16.1. The minimum atomic E-state index is -0.170. The number of carbonyl (C=O) groups is 1. The molecule has 0 amide bonds. The molecule has 0 aromatic heterocycles. The molecule has 0 fully saturated rings. The van der Waals surface area contributed by atoms with E-state index in [0.29, 0.717) is 57.0 Å². The van der Waals surface area contributed by atoms with Gasteiger partial charge in [0.05, 0.1) is 31.2 Å². The average Bonchev–Trinajstić information content (AvgIpc) is 3.07. The van der Waals surface area contributed by atoms with Gasteiger partial charge in [0.1, 0.15) is 29.4 Å². The summed E-state index contributed by atoms with van der Waals surface area (Å²) in [6.45, 7) is 19.2. The summed E-state index contributed by atoms with van der Waals surface area (Å²) < 4.78 is 26.0. The van der Waals surface area contributed by atoms with Crippen molar-refractivity contribution in [3.63, 3.8) is 0 Å². The number of fused-ring (bicyclic) bond motifs is 2. The van der Waals surface area contributed by atoms with Crippen molar-refractivity contribution < 1.29 is 23.4 Å². The molecule has 4 rings (SSSR count). The van der Waals surface area contributed by atoms with Gasteiger partial charge in [-0.2, -0.15) is 0 Å². The Balaban J connectivity index is 1.98. The van der Waals surface area contributed by atoms with Crippen LogP contribution in [0.4, 0.5) is 11.4 Å². The van der Waals surface area contributed by atoms with Crippen LogP contribution in [-0.2, 0) is 9.53 Å². The molecule has 0 saturated heterocycles. The first kappa shape index (κ1) is 34.9. The molecule has 0 atom stereocenters. The van der Waals surface area contributed by atoms with E-state index in [2.05, 4.69) is 71.4 Å². The predicted molar refractivity (Wildman–Crippen MR) is 194 cm³/mol. The minimum absolute atomic E-state index is 0.170. The van der Waals surface area contributed by atoms with Crippen LogP contribution in [-0.4, -0.2) is 66.6 Å². The zero-order valence-electron chi connectivity index (χ0n) is 28.5. The quantitative estimate of drug-likeness (QED) is 0.0526. The van der Waals surface area contributed by atoms with E-state index in [1.54, 1.807) is 13.2 Å². The molecule has 0 bridgehead atoms. The fourth-order valence-corrected chi connectivity index (χ4v) is 5.82. The molecule has 2 aromatic carbocycles. The first-order chi connectivity index (χ1) is 22.8. The van der Waals surface area contributed by atoms with E-state index in [0.717, 1.165) is 56.9 Å². The van der Waals surface area contributed by atoms with Gasteiger partial charge in [-0.1, -0.05) is 25.8 Å². The molecule has 1 aliphatic heterocycles. The lowest BCUT2D eigenvalue weighted by Crippen LogP contribution is -2.30. The van der Waals surface area contributed by atoms with Crippen LogP contribution in [0.15, 0.2) is 90.9 Å². The maximum Gasteiger partial charge on any atom is 0.305 e. The van der Waals surface area contributed by atoms with Gasteiger partial charge in [-0.25, -0.2) is 4.58 Å². The fraction of sp³-hybridized carbons (Fsp3) is 0.333. The second kappa shape index (κ2) is 16.5. The number of anilines is 2. The molecule has 47 heavy (non-hydrogen) atoms. The molecule has 8 nitrogen and oxygen atoms in total. The summed E-state index contributed by atoms with van der Waals surface area (Å²) in [7, 11) is 5.79. The maximum atomic E-state index is 12.0. The van der Waals surface area contributed by atoms with E-state index in [4.69, 9.17) is 18.6 Å². The first-order valence-electron chi connectivity index (χ1n) is 16.1. The van der Waals surface area contributed by atoms with Crippen molar-refractivity contribution in [2.45, 2.75) is 26.7 Å². The molecular weight excluding hydrogens is 590 g/mol. The lowest BCUT2D eigenvalue weighted by Gasteiger charge is -2.30. The summed E-state index contributed by atoms with van der Waals surface area (Å²) in [5.74, 6) is 1.99. The van der Waals surface area contributed by atoms with Crippen molar-refractivity contribution >= 4 is 28.3 Å².